The molecule has 0 aromatic heterocycles. The second kappa shape index (κ2) is 6.69. The molecule has 1 heterocycles. The zero-order valence-electron chi connectivity index (χ0n) is 13.6. The summed E-state index contributed by atoms with van der Waals surface area (Å²) in [4.78, 5) is 15.0. The van der Waals surface area contributed by atoms with Crippen LogP contribution in [-0.2, 0) is 4.79 Å². The van der Waals surface area contributed by atoms with Crippen LogP contribution >= 0.6 is 11.8 Å². The lowest BCUT2D eigenvalue weighted by atomic mass is 9.92. The molecular formula is C16H30N2OS. The monoisotopic (exact) mass is 298 g/mol. The van der Waals surface area contributed by atoms with Gasteiger partial charge in [0, 0.05) is 11.3 Å². The van der Waals surface area contributed by atoms with Gasteiger partial charge in [0.15, 0.2) is 0 Å². The highest BCUT2D eigenvalue weighted by Gasteiger charge is 2.45. The molecule has 0 bridgehead atoms. The first-order chi connectivity index (χ1) is 9.45. The Kier molecular flexibility index (Phi) is 5.41. The Bertz CT molecular complexity index is 345. The van der Waals surface area contributed by atoms with Gasteiger partial charge in [-0.25, -0.2) is 0 Å². The van der Waals surface area contributed by atoms with Gasteiger partial charge in [0.05, 0.1) is 12.2 Å². The van der Waals surface area contributed by atoms with Crippen molar-refractivity contribution in [2.24, 2.45) is 11.8 Å². The third-order valence-corrected chi connectivity index (χ3v) is 5.89. The van der Waals surface area contributed by atoms with Crippen LogP contribution in [0.2, 0.25) is 0 Å². The molecule has 1 saturated carbocycles. The van der Waals surface area contributed by atoms with E-state index in [4.69, 9.17) is 0 Å². The van der Waals surface area contributed by atoms with E-state index in [0.29, 0.717) is 23.8 Å². The average Bonchev–Trinajstić information content (AvgIpc) is 2.77. The number of hydrogen-bond acceptors (Lipinski definition) is 3. The molecular weight excluding hydrogens is 268 g/mol. The van der Waals surface area contributed by atoms with Crippen molar-refractivity contribution in [2.45, 2.75) is 76.9 Å². The molecule has 20 heavy (non-hydrogen) atoms. The summed E-state index contributed by atoms with van der Waals surface area (Å²) < 4.78 is 0. The van der Waals surface area contributed by atoms with Crippen molar-refractivity contribution in [1.29, 1.82) is 0 Å². The summed E-state index contributed by atoms with van der Waals surface area (Å²) in [6, 6.07) is 0.453. The summed E-state index contributed by atoms with van der Waals surface area (Å²) in [5, 5.41) is 4.32. The van der Waals surface area contributed by atoms with Gasteiger partial charge in [-0.05, 0) is 37.4 Å². The Morgan fingerprint density at radius 1 is 1.20 bits per heavy atom. The Labute approximate surface area is 128 Å². The molecule has 0 spiro atoms. The lowest BCUT2D eigenvalue weighted by molar-refractivity contribution is -0.134. The molecule has 4 unspecified atom stereocenters. The van der Waals surface area contributed by atoms with Crippen molar-refractivity contribution >= 4 is 17.7 Å². The number of nitrogens with one attached hydrogen (secondary N) is 1. The van der Waals surface area contributed by atoms with Crippen LogP contribution in [0.5, 0.6) is 0 Å². The standard InChI is InChI=1S/C16H30N2OS/c1-10(2)14-16(19)18(15(17-14)11(3)4)12-7-6-8-13(9-12)20-5/h10-15,17H,6-9H2,1-5H3. The number of rotatable bonds is 4. The topological polar surface area (TPSA) is 32.3 Å². The first-order valence-corrected chi connectivity index (χ1v) is 9.35. The van der Waals surface area contributed by atoms with Crippen molar-refractivity contribution in [2.75, 3.05) is 6.26 Å². The molecule has 1 N–H and O–H groups in total. The summed E-state index contributed by atoms with van der Waals surface area (Å²) in [5.74, 6) is 1.18. The van der Waals surface area contributed by atoms with Gasteiger partial charge in [-0.1, -0.05) is 34.1 Å². The Balaban J connectivity index is 2.15. The van der Waals surface area contributed by atoms with Crippen LogP contribution in [0.1, 0.15) is 53.4 Å². The van der Waals surface area contributed by atoms with Gasteiger partial charge in [-0.3, -0.25) is 10.1 Å². The van der Waals surface area contributed by atoms with Gasteiger partial charge >= 0.3 is 0 Å². The second-order valence-electron chi connectivity index (χ2n) is 7.00. The van der Waals surface area contributed by atoms with Gasteiger partial charge in [0.1, 0.15) is 0 Å². The fourth-order valence-electron chi connectivity index (χ4n) is 3.62. The van der Waals surface area contributed by atoms with Crippen molar-refractivity contribution < 1.29 is 4.79 Å². The maximum atomic E-state index is 12.8. The minimum atomic E-state index is 0.0112. The first kappa shape index (κ1) is 16.2. The molecule has 1 amide bonds. The molecule has 4 heteroatoms. The average molecular weight is 298 g/mol. The highest BCUT2D eigenvalue weighted by Crippen LogP contribution is 2.34. The zero-order valence-corrected chi connectivity index (χ0v) is 14.4. The SMILES string of the molecule is CSC1CCCC(N2C(=O)C(C(C)C)NC2C(C)C)C1. The summed E-state index contributed by atoms with van der Waals surface area (Å²) in [7, 11) is 0. The lowest BCUT2D eigenvalue weighted by Crippen LogP contribution is -2.49. The Morgan fingerprint density at radius 2 is 1.90 bits per heavy atom. The largest absolute Gasteiger partial charge is 0.323 e. The molecule has 0 aromatic rings. The van der Waals surface area contributed by atoms with E-state index in [1.807, 2.05) is 11.8 Å². The third-order valence-electron chi connectivity index (χ3n) is 4.79. The number of nitrogens with zero attached hydrogens (tertiary/aromatic N) is 1. The predicted octanol–water partition coefficient (Wildman–Crippen LogP) is 3.10. The van der Waals surface area contributed by atoms with Gasteiger partial charge in [-0.2, -0.15) is 11.8 Å². The van der Waals surface area contributed by atoms with E-state index in [9.17, 15) is 4.79 Å². The first-order valence-electron chi connectivity index (χ1n) is 8.06. The molecule has 0 radical (unpaired) electrons. The minimum absolute atomic E-state index is 0.0112. The van der Waals surface area contributed by atoms with E-state index < -0.39 is 0 Å². The summed E-state index contributed by atoms with van der Waals surface area (Å²) >= 11 is 1.97. The van der Waals surface area contributed by atoms with Crippen molar-refractivity contribution in [3.63, 3.8) is 0 Å². The van der Waals surface area contributed by atoms with Gasteiger partial charge in [-0.15, -0.1) is 0 Å². The molecule has 2 aliphatic rings. The molecule has 1 saturated heterocycles. The normalized spacial score (nSPS) is 35.4. The number of carbonyl (C=O) groups excluding carboxylic acids is 1. The lowest BCUT2D eigenvalue weighted by Gasteiger charge is -2.39. The van der Waals surface area contributed by atoms with Crippen molar-refractivity contribution in [3.8, 4) is 0 Å². The predicted molar refractivity (Wildman–Crippen MR) is 86.8 cm³/mol. The fraction of sp³-hybridized carbons (Fsp3) is 0.938. The number of hydrogen-bond donors (Lipinski definition) is 1. The summed E-state index contributed by atoms with van der Waals surface area (Å²) in [6.07, 6.45) is 7.35. The highest BCUT2D eigenvalue weighted by atomic mass is 32.2. The van der Waals surface area contributed by atoms with Crippen molar-refractivity contribution in [1.82, 2.24) is 10.2 Å². The molecule has 4 atom stereocenters. The van der Waals surface area contributed by atoms with E-state index in [1.165, 1.54) is 25.7 Å². The van der Waals surface area contributed by atoms with E-state index in [2.05, 4.69) is 44.2 Å². The quantitative estimate of drug-likeness (QED) is 0.865. The summed E-state index contributed by atoms with van der Waals surface area (Å²) in [6.45, 7) is 8.72. The van der Waals surface area contributed by atoms with Gasteiger partial charge < -0.3 is 4.90 Å². The second-order valence-corrected chi connectivity index (χ2v) is 8.14. The fourth-order valence-corrected chi connectivity index (χ4v) is 4.44. The Hall–Kier alpha value is -0.220. The number of amides is 1. The van der Waals surface area contributed by atoms with Crippen LogP contribution in [0.4, 0.5) is 0 Å². The van der Waals surface area contributed by atoms with Crippen LogP contribution in [0.25, 0.3) is 0 Å². The molecule has 2 fully saturated rings. The van der Waals surface area contributed by atoms with Crippen LogP contribution in [-0.4, -0.2) is 40.6 Å². The minimum Gasteiger partial charge on any atom is -0.323 e. The zero-order chi connectivity index (χ0) is 14.9. The van der Waals surface area contributed by atoms with Gasteiger partial charge in [0.25, 0.3) is 0 Å². The van der Waals surface area contributed by atoms with Gasteiger partial charge in [0.2, 0.25) is 5.91 Å². The maximum Gasteiger partial charge on any atom is 0.241 e. The molecule has 2 rings (SSSR count). The number of carbonyl (C=O) groups is 1. The van der Waals surface area contributed by atoms with Crippen LogP contribution in [0.3, 0.4) is 0 Å². The molecule has 1 aliphatic carbocycles. The third kappa shape index (κ3) is 3.16. The van der Waals surface area contributed by atoms with E-state index in [-0.39, 0.29) is 12.2 Å². The van der Waals surface area contributed by atoms with E-state index >= 15 is 0 Å². The smallest absolute Gasteiger partial charge is 0.241 e. The Morgan fingerprint density at radius 3 is 2.45 bits per heavy atom. The van der Waals surface area contributed by atoms with Crippen LogP contribution < -0.4 is 5.32 Å². The molecule has 116 valence electrons. The molecule has 0 aromatic carbocycles. The molecule has 1 aliphatic heterocycles. The number of thioether (sulfide) groups is 1. The van der Waals surface area contributed by atoms with Crippen LogP contribution in [0, 0.1) is 11.8 Å². The van der Waals surface area contributed by atoms with Crippen molar-refractivity contribution in [3.05, 3.63) is 0 Å². The van der Waals surface area contributed by atoms with E-state index in [1.54, 1.807) is 0 Å². The van der Waals surface area contributed by atoms with E-state index in [0.717, 1.165) is 5.25 Å². The summed E-state index contributed by atoms with van der Waals surface area (Å²) in [5.41, 5.74) is 0. The molecule has 3 nitrogen and oxygen atoms in total. The highest BCUT2D eigenvalue weighted by molar-refractivity contribution is 7.99. The maximum absolute atomic E-state index is 12.8. The van der Waals surface area contributed by atoms with Crippen LogP contribution in [0.15, 0.2) is 0 Å².